The first-order chi connectivity index (χ1) is 12.0. The van der Waals surface area contributed by atoms with Crippen molar-refractivity contribution in [2.24, 2.45) is 5.92 Å². The predicted octanol–water partition coefficient (Wildman–Crippen LogP) is 3.15. The highest BCUT2D eigenvalue weighted by Crippen LogP contribution is 2.27. The number of halogens is 1. The molecule has 25 heavy (non-hydrogen) atoms. The molecule has 7 heteroatoms. The number of rotatable bonds is 5. The molecule has 1 aliphatic heterocycles. The van der Waals surface area contributed by atoms with Crippen LogP contribution in [0, 0.1) is 11.7 Å². The van der Waals surface area contributed by atoms with Crippen LogP contribution in [0.4, 0.5) is 4.39 Å². The maximum Gasteiger partial charge on any atom is 0.230 e. The second-order valence-electron chi connectivity index (χ2n) is 6.55. The maximum atomic E-state index is 13.1. The lowest BCUT2D eigenvalue weighted by Crippen LogP contribution is -2.40. The van der Waals surface area contributed by atoms with Crippen LogP contribution in [-0.2, 0) is 11.4 Å². The molecule has 0 saturated carbocycles. The molecule has 0 radical (unpaired) electrons. The van der Waals surface area contributed by atoms with E-state index in [4.69, 9.17) is 9.26 Å². The van der Waals surface area contributed by atoms with Gasteiger partial charge in [0.2, 0.25) is 17.6 Å². The lowest BCUT2D eigenvalue weighted by atomic mass is 9.96. The van der Waals surface area contributed by atoms with Crippen LogP contribution < -0.4 is 4.74 Å². The van der Waals surface area contributed by atoms with E-state index in [-0.39, 0.29) is 30.2 Å². The normalized spacial score (nSPS) is 15.6. The van der Waals surface area contributed by atoms with E-state index < -0.39 is 0 Å². The molecular weight excluding hydrogens is 325 g/mol. The van der Waals surface area contributed by atoms with Gasteiger partial charge in [0, 0.05) is 31.0 Å². The molecule has 0 atom stereocenters. The van der Waals surface area contributed by atoms with E-state index in [1.165, 1.54) is 12.1 Å². The second kappa shape index (κ2) is 7.63. The Balaban J connectivity index is 1.53. The molecule has 134 valence electrons. The number of likely N-dealkylation sites (tertiary alicyclic amines) is 1. The lowest BCUT2D eigenvalue weighted by Gasteiger charge is -2.31. The number of ether oxygens (including phenoxy) is 1. The van der Waals surface area contributed by atoms with Crippen molar-refractivity contribution in [1.82, 2.24) is 15.0 Å². The monoisotopic (exact) mass is 347 g/mol. The smallest absolute Gasteiger partial charge is 0.230 e. The molecule has 3 rings (SSSR count). The Labute approximate surface area is 146 Å². The Kier molecular flexibility index (Phi) is 5.31. The van der Waals surface area contributed by atoms with Crippen LogP contribution in [0.15, 0.2) is 28.8 Å². The number of hydrogen-bond donors (Lipinski definition) is 0. The summed E-state index contributed by atoms with van der Waals surface area (Å²) in [6, 6.07) is 5.92. The van der Waals surface area contributed by atoms with Gasteiger partial charge in [0.05, 0.1) is 0 Å². The van der Waals surface area contributed by atoms with Gasteiger partial charge in [-0.3, -0.25) is 4.79 Å². The molecule has 1 aromatic heterocycles. The second-order valence-corrected chi connectivity index (χ2v) is 6.55. The van der Waals surface area contributed by atoms with Crippen LogP contribution in [0.1, 0.15) is 44.3 Å². The minimum absolute atomic E-state index is 0.0199. The van der Waals surface area contributed by atoms with Crippen LogP contribution in [0.3, 0.4) is 0 Å². The van der Waals surface area contributed by atoms with Crippen LogP contribution >= 0.6 is 0 Å². The van der Waals surface area contributed by atoms with Gasteiger partial charge >= 0.3 is 0 Å². The highest BCUT2D eigenvalue weighted by Gasteiger charge is 2.28. The molecule has 1 aliphatic rings. The van der Waals surface area contributed by atoms with Crippen molar-refractivity contribution in [3.05, 3.63) is 41.8 Å². The quantitative estimate of drug-likeness (QED) is 0.831. The van der Waals surface area contributed by atoms with Crippen molar-refractivity contribution in [3.63, 3.8) is 0 Å². The summed E-state index contributed by atoms with van der Waals surface area (Å²) in [6.45, 7) is 5.37. The van der Waals surface area contributed by atoms with E-state index in [9.17, 15) is 9.18 Å². The molecule has 0 spiro atoms. The summed E-state index contributed by atoms with van der Waals surface area (Å²) < 4.78 is 23.9. The molecule has 6 nitrogen and oxygen atoms in total. The van der Waals surface area contributed by atoms with Gasteiger partial charge in [-0.1, -0.05) is 25.1 Å². The van der Waals surface area contributed by atoms with Crippen molar-refractivity contribution in [1.29, 1.82) is 0 Å². The average Bonchev–Trinajstić information content (AvgIpc) is 3.08. The third-order valence-electron chi connectivity index (χ3n) is 4.30. The number of piperidine rings is 1. The summed E-state index contributed by atoms with van der Waals surface area (Å²) in [5.74, 6) is 1.45. The van der Waals surface area contributed by atoms with Crippen molar-refractivity contribution in [3.8, 4) is 5.75 Å². The minimum Gasteiger partial charge on any atom is -0.485 e. The van der Waals surface area contributed by atoms with E-state index >= 15 is 0 Å². The highest BCUT2D eigenvalue weighted by atomic mass is 19.1. The number of carbonyl (C=O) groups excluding carboxylic acids is 1. The summed E-state index contributed by atoms with van der Waals surface area (Å²) in [5, 5.41) is 3.93. The minimum atomic E-state index is -0.353. The fourth-order valence-corrected chi connectivity index (χ4v) is 2.91. The fourth-order valence-electron chi connectivity index (χ4n) is 2.91. The van der Waals surface area contributed by atoms with Crippen LogP contribution in [0.25, 0.3) is 0 Å². The largest absolute Gasteiger partial charge is 0.485 e. The molecule has 1 saturated heterocycles. The Hall–Kier alpha value is -2.44. The predicted molar refractivity (Wildman–Crippen MR) is 88.4 cm³/mol. The van der Waals surface area contributed by atoms with Crippen LogP contribution in [-0.4, -0.2) is 34.0 Å². The first-order valence-corrected chi connectivity index (χ1v) is 8.52. The SMILES string of the molecule is CC(C)C(=O)N1CCC(c2nc(COc3cccc(F)c3)no2)CC1. The molecule has 2 aromatic rings. The zero-order valence-electron chi connectivity index (χ0n) is 14.4. The first-order valence-electron chi connectivity index (χ1n) is 8.52. The van der Waals surface area contributed by atoms with Crippen LogP contribution in [0.5, 0.6) is 5.75 Å². The summed E-state index contributed by atoms with van der Waals surface area (Å²) in [5.41, 5.74) is 0. The summed E-state index contributed by atoms with van der Waals surface area (Å²) >= 11 is 0. The zero-order valence-corrected chi connectivity index (χ0v) is 14.4. The molecule has 0 bridgehead atoms. The third-order valence-corrected chi connectivity index (χ3v) is 4.30. The summed E-state index contributed by atoms with van der Waals surface area (Å²) in [4.78, 5) is 18.3. The van der Waals surface area contributed by atoms with E-state index in [1.807, 2.05) is 18.7 Å². The number of benzene rings is 1. The van der Waals surface area contributed by atoms with Crippen molar-refractivity contribution >= 4 is 5.91 Å². The Morgan fingerprint density at radius 1 is 1.40 bits per heavy atom. The van der Waals surface area contributed by atoms with E-state index in [0.29, 0.717) is 30.6 Å². The molecule has 0 unspecified atom stereocenters. The highest BCUT2D eigenvalue weighted by molar-refractivity contribution is 5.78. The van der Waals surface area contributed by atoms with E-state index in [2.05, 4.69) is 10.1 Å². The van der Waals surface area contributed by atoms with Gasteiger partial charge in [0.25, 0.3) is 0 Å². The van der Waals surface area contributed by atoms with Gasteiger partial charge in [0.1, 0.15) is 11.6 Å². The van der Waals surface area contributed by atoms with Gasteiger partial charge in [-0.05, 0) is 25.0 Å². The van der Waals surface area contributed by atoms with Crippen molar-refractivity contribution in [2.45, 2.75) is 39.2 Å². The van der Waals surface area contributed by atoms with Gasteiger partial charge in [0.15, 0.2) is 6.61 Å². The van der Waals surface area contributed by atoms with Gasteiger partial charge in [-0.15, -0.1) is 0 Å². The van der Waals surface area contributed by atoms with Gasteiger partial charge < -0.3 is 14.2 Å². The van der Waals surface area contributed by atoms with Gasteiger partial charge in [-0.2, -0.15) is 4.98 Å². The van der Waals surface area contributed by atoms with Crippen molar-refractivity contribution < 1.29 is 18.4 Å². The third kappa shape index (κ3) is 4.35. The number of carbonyl (C=O) groups is 1. The molecule has 1 aromatic carbocycles. The Bertz CT molecular complexity index is 724. The van der Waals surface area contributed by atoms with Crippen molar-refractivity contribution in [2.75, 3.05) is 13.1 Å². The van der Waals surface area contributed by atoms with Crippen LogP contribution in [0.2, 0.25) is 0 Å². The molecule has 1 amide bonds. The molecular formula is C18H22FN3O3. The number of nitrogens with zero attached hydrogens (tertiary/aromatic N) is 3. The average molecular weight is 347 g/mol. The Morgan fingerprint density at radius 3 is 2.84 bits per heavy atom. The summed E-state index contributed by atoms with van der Waals surface area (Å²) in [7, 11) is 0. The molecule has 0 aliphatic carbocycles. The number of amides is 1. The van der Waals surface area contributed by atoms with E-state index in [0.717, 1.165) is 12.8 Å². The fraction of sp³-hybridized carbons (Fsp3) is 0.500. The van der Waals surface area contributed by atoms with Gasteiger partial charge in [-0.25, -0.2) is 4.39 Å². The maximum absolute atomic E-state index is 13.1. The standard InChI is InChI=1S/C18H22FN3O3/c1-12(2)18(23)22-8-6-13(7-9-22)17-20-16(21-25-17)11-24-15-5-3-4-14(19)10-15/h3-5,10,12-13H,6-9,11H2,1-2H3. The first kappa shape index (κ1) is 17.4. The lowest BCUT2D eigenvalue weighted by molar-refractivity contribution is -0.135. The molecule has 2 heterocycles. The topological polar surface area (TPSA) is 68.5 Å². The summed E-state index contributed by atoms with van der Waals surface area (Å²) in [6.07, 6.45) is 1.62. The Morgan fingerprint density at radius 2 is 2.16 bits per heavy atom. The van der Waals surface area contributed by atoms with E-state index in [1.54, 1.807) is 12.1 Å². The zero-order chi connectivity index (χ0) is 17.8. The molecule has 0 N–H and O–H groups in total. The number of hydrogen-bond acceptors (Lipinski definition) is 5. The number of aromatic nitrogens is 2. The molecule has 1 fully saturated rings.